The van der Waals surface area contributed by atoms with E-state index >= 15 is 0 Å². The molecule has 3 unspecified atom stereocenters. The van der Waals surface area contributed by atoms with Crippen molar-refractivity contribution in [2.24, 2.45) is 0 Å². The zero-order chi connectivity index (χ0) is 16.0. The predicted octanol–water partition coefficient (Wildman–Crippen LogP) is 4.09. The Morgan fingerprint density at radius 3 is 2.18 bits per heavy atom. The van der Waals surface area contributed by atoms with Gasteiger partial charge in [0.1, 0.15) is 18.3 Å². The molecule has 0 bridgehead atoms. The van der Waals surface area contributed by atoms with Gasteiger partial charge in [-0.1, -0.05) is 40.0 Å². The number of hydrogen-bond acceptors (Lipinski definition) is 4. The van der Waals surface area contributed by atoms with Crippen molar-refractivity contribution in [3.05, 3.63) is 12.3 Å². The lowest BCUT2D eigenvalue weighted by Crippen LogP contribution is -2.46. The van der Waals surface area contributed by atoms with E-state index in [0.717, 1.165) is 58.3 Å². The van der Waals surface area contributed by atoms with E-state index < -0.39 is 0 Å². The van der Waals surface area contributed by atoms with Gasteiger partial charge in [0, 0.05) is 19.8 Å². The molecule has 0 saturated heterocycles. The van der Waals surface area contributed by atoms with Crippen LogP contribution in [0.3, 0.4) is 0 Å². The Balaban J connectivity index is 2.49. The van der Waals surface area contributed by atoms with Crippen LogP contribution in [0.2, 0.25) is 0 Å². The van der Waals surface area contributed by atoms with Gasteiger partial charge in [-0.25, -0.2) is 0 Å². The van der Waals surface area contributed by atoms with Crippen LogP contribution in [0.25, 0.3) is 0 Å². The highest BCUT2D eigenvalue weighted by Crippen LogP contribution is 2.20. The Bertz CT molecular complexity index is 280. The van der Waals surface area contributed by atoms with Crippen LogP contribution in [0.5, 0.6) is 0 Å². The Morgan fingerprint density at radius 2 is 1.50 bits per heavy atom. The monoisotopic (exact) mass is 314 g/mol. The van der Waals surface area contributed by atoms with Gasteiger partial charge in [0.25, 0.3) is 0 Å². The van der Waals surface area contributed by atoms with E-state index in [4.69, 9.17) is 18.9 Å². The Hall–Kier alpha value is -0.580. The van der Waals surface area contributed by atoms with Crippen LogP contribution in [0, 0.1) is 0 Å². The molecule has 0 radical (unpaired) electrons. The van der Waals surface area contributed by atoms with Crippen molar-refractivity contribution < 1.29 is 18.9 Å². The molecule has 1 rings (SSSR count). The lowest BCUT2D eigenvalue weighted by molar-refractivity contribution is -0.138. The van der Waals surface area contributed by atoms with Crippen molar-refractivity contribution >= 4 is 0 Å². The smallest absolute Gasteiger partial charge is 0.150 e. The van der Waals surface area contributed by atoms with Gasteiger partial charge in [-0.05, 0) is 25.3 Å². The fraction of sp³-hybridized carbons (Fsp3) is 0.889. The van der Waals surface area contributed by atoms with Crippen LogP contribution >= 0.6 is 0 Å². The molecule has 22 heavy (non-hydrogen) atoms. The van der Waals surface area contributed by atoms with Crippen molar-refractivity contribution in [3.8, 4) is 0 Å². The predicted molar refractivity (Wildman–Crippen MR) is 89.0 cm³/mol. The summed E-state index contributed by atoms with van der Waals surface area (Å²) in [5.74, 6) is 0. The molecular weight excluding hydrogens is 280 g/mol. The van der Waals surface area contributed by atoms with E-state index in [0.29, 0.717) is 6.61 Å². The summed E-state index contributed by atoms with van der Waals surface area (Å²) in [6, 6.07) is 0. The lowest BCUT2D eigenvalue weighted by Gasteiger charge is -2.34. The molecule has 1 aliphatic rings. The Kier molecular flexibility index (Phi) is 11.4. The molecule has 0 fully saturated rings. The van der Waals surface area contributed by atoms with Crippen molar-refractivity contribution in [2.75, 3.05) is 26.4 Å². The summed E-state index contributed by atoms with van der Waals surface area (Å²) in [5, 5.41) is 0. The molecule has 130 valence electrons. The van der Waals surface area contributed by atoms with Crippen LogP contribution in [-0.4, -0.2) is 44.7 Å². The van der Waals surface area contributed by atoms with Crippen molar-refractivity contribution in [3.63, 3.8) is 0 Å². The third-order valence-electron chi connectivity index (χ3n) is 3.75. The van der Waals surface area contributed by atoms with Crippen LogP contribution in [0.15, 0.2) is 12.3 Å². The van der Waals surface area contributed by atoms with Crippen LogP contribution in [-0.2, 0) is 18.9 Å². The largest absolute Gasteiger partial charge is 0.493 e. The lowest BCUT2D eigenvalue weighted by atomic mass is 10.1. The van der Waals surface area contributed by atoms with Gasteiger partial charge in [-0.15, -0.1) is 0 Å². The van der Waals surface area contributed by atoms with Crippen molar-refractivity contribution in [1.82, 2.24) is 0 Å². The summed E-state index contributed by atoms with van der Waals surface area (Å²) >= 11 is 0. The zero-order valence-corrected chi connectivity index (χ0v) is 14.6. The maximum atomic E-state index is 6.06. The molecule has 0 aromatic heterocycles. The highest BCUT2D eigenvalue weighted by Gasteiger charge is 2.33. The van der Waals surface area contributed by atoms with Crippen LogP contribution in [0.1, 0.15) is 59.3 Å². The second-order valence-corrected chi connectivity index (χ2v) is 5.81. The molecule has 0 amide bonds. The summed E-state index contributed by atoms with van der Waals surface area (Å²) in [7, 11) is 0. The first-order chi connectivity index (χ1) is 10.8. The minimum absolute atomic E-state index is 0.0306. The van der Waals surface area contributed by atoms with Gasteiger partial charge >= 0.3 is 0 Å². The fourth-order valence-corrected chi connectivity index (χ4v) is 2.28. The molecule has 0 saturated carbocycles. The van der Waals surface area contributed by atoms with Gasteiger partial charge in [0.2, 0.25) is 0 Å². The summed E-state index contributed by atoms with van der Waals surface area (Å²) in [4.78, 5) is 0. The number of rotatable bonds is 13. The number of ether oxygens (including phenoxy) is 4. The minimum Gasteiger partial charge on any atom is -0.493 e. The highest BCUT2D eigenvalue weighted by atomic mass is 16.6. The highest BCUT2D eigenvalue weighted by molar-refractivity contribution is 4.99. The first kappa shape index (κ1) is 19.5. The molecule has 0 spiro atoms. The SMILES string of the molecule is CCCCOCC1OC=CC(OCCCC)C1OCCCC. The van der Waals surface area contributed by atoms with Gasteiger partial charge in [0.05, 0.1) is 12.9 Å². The van der Waals surface area contributed by atoms with Crippen LogP contribution in [0.4, 0.5) is 0 Å². The van der Waals surface area contributed by atoms with Gasteiger partial charge in [0.15, 0.2) is 0 Å². The molecule has 3 atom stereocenters. The third kappa shape index (κ3) is 7.61. The summed E-state index contributed by atoms with van der Waals surface area (Å²) in [6.45, 7) is 9.36. The topological polar surface area (TPSA) is 36.9 Å². The maximum Gasteiger partial charge on any atom is 0.150 e. The van der Waals surface area contributed by atoms with E-state index in [9.17, 15) is 0 Å². The first-order valence-electron chi connectivity index (χ1n) is 8.96. The standard InChI is InChI=1S/C18H34O4/c1-4-7-11-19-15-17-18(22-13-9-6-3)16(10-14-21-17)20-12-8-5-2/h10,14,16-18H,4-9,11-13,15H2,1-3H3. The van der Waals surface area contributed by atoms with Crippen molar-refractivity contribution in [2.45, 2.75) is 77.6 Å². The number of unbranched alkanes of at least 4 members (excludes halogenated alkanes) is 3. The first-order valence-corrected chi connectivity index (χ1v) is 8.96. The molecule has 1 aliphatic heterocycles. The second-order valence-electron chi connectivity index (χ2n) is 5.81. The fourth-order valence-electron chi connectivity index (χ4n) is 2.28. The second kappa shape index (κ2) is 12.9. The minimum atomic E-state index is -0.0784. The van der Waals surface area contributed by atoms with Crippen molar-refractivity contribution in [1.29, 1.82) is 0 Å². The summed E-state index contributed by atoms with van der Waals surface area (Å²) in [6.07, 6.45) is 10.2. The molecule has 0 aliphatic carbocycles. The summed E-state index contributed by atoms with van der Waals surface area (Å²) < 4.78 is 23.5. The van der Waals surface area contributed by atoms with E-state index in [1.165, 1.54) is 0 Å². The average Bonchev–Trinajstić information content (AvgIpc) is 2.54. The number of hydrogen-bond donors (Lipinski definition) is 0. The van der Waals surface area contributed by atoms with E-state index in [1.54, 1.807) is 6.26 Å². The average molecular weight is 314 g/mol. The Labute approximate surface area is 136 Å². The molecular formula is C18H34O4. The van der Waals surface area contributed by atoms with E-state index in [2.05, 4.69) is 20.8 Å². The molecule has 0 N–H and O–H groups in total. The summed E-state index contributed by atoms with van der Waals surface area (Å²) in [5.41, 5.74) is 0. The van der Waals surface area contributed by atoms with Gasteiger partial charge in [-0.3, -0.25) is 0 Å². The van der Waals surface area contributed by atoms with Gasteiger partial charge in [-0.2, -0.15) is 0 Å². The normalized spacial score (nSPS) is 24.4. The van der Waals surface area contributed by atoms with E-state index in [-0.39, 0.29) is 18.3 Å². The molecule has 4 nitrogen and oxygen atoms in total. The van der Waals surface area contributed by atoms with Crippen LogP contribution < -0.4 is 0 Å². The Morgan fingerprint density at radius 1 is 0.864 bits per heavy atom. The third-order valence-corrected chi connectivity index (χ3v) is 3.75. The quantitative estimate of drug-likeness (QED) is 0.480. The zero-order valence-electron chi connectivity index (χ0n) is 14.6. The molecule has 1 heterocycles. The van der Waals surface area contributed by atoms with E-state index in [1.807, 2.05) is 6.08 Å². The van der Waals surface area contributed by atoms with Gasteiger partial charge < -0.3 is 18.9 Å². The maximum absolute atomic E-state index is 6.06. The molecule has 0 aromatic carbocycles. The molecule has 4 heteroatoms. The molecule has 0 aromatic rings.